The number of carbonyl (C=O) groups is 1. The summed E-state index contributed by atoms with van der Waals surface area (Å²) in [5, 5.41) is 3.23. The van der Waals surface area contributed by atoms with Gasteiger partial charge in [-0.1, -0.05) is 11.6 Å². The number of benzene rings is 1. The van der Waals surface area contributed by atoms with Crippen molar-refractivity contribution >= 4 is 23.2 Å². The summed E-state index contributed by atoms with van der Waals surface area (Å²) in [5.41, 5.74) is 7.52. The lowest BCUT2D eigenvalue weighted by Gasteiger charge is -2.14. The number of hydrogen-bond donors (Lipinski definition) is 2. The SMILES string of the molecule is CC(NC(=O)c1ccc(N)cc1Cl)c1ccncc1. The van der Waals surface area contributed by atoms with Crippen molar-refractivity contribution in [2.24, 2.45) is 0 Å². The van der Waals surface area contributed by atoms with Gasteiger partial charge in [-0.15, -0.1) is 0 Å². The van der Waals surface area contributed by atoms with Crippen LogP contribution in [0.1, 0.15) is 28.9 Å². The molecule has 1 aromatic carbocycles. The van der Waals surface area contributed by atoms with Crippen LogP contribution >= 0.6 is 11.6 Å². The molecule has 0 aliphatic rings. The number of nitrogens with two attached hydrogens (primary N) is 1. The summed E-state index contributed by atoms with van der Waals surface area (Å²) < 4.78 is 0. The quantitative estimate of drug-likeness (QED) is 0.847. The fourth-order valence-corrected chi connectivity index (χ4v) is 2.00. The van der Waals surface area contributed by atoms with Gasteiger partial charge in [0.05, 0.1) is 16.6 Å². The molecule has 0 radical (unpaired) electrons. The molecule has 2 aromatic rings. The van der Waals surface area contributed by atoms with Crippen LogP contribution in [0.25, 0.3) is 0 Å². The molecule has 0 spiro atoms. The number of carbonyl (C=O) groups excluding carboxylic acids is 1. The molecule has 98 valence electrons. The van der Waals surface area contributed by atoms with Gasteiger partial charge in [-0.3, -0.25) is 9.78 Å². The number of halogens is 1. The Hall–Kier alpha value is -2.07. The zero-order valence-electron chi connectivity index (χ0n) is 10.4. The van der Waals surface area contributed by atoms with Gasteiger partial charge in [0.15, 0.2) is 0 Å². The predicted molar refractivity (Wildman–Crippen MR) is 76.0 cm³/mol. The molecule has 1 unspecified atom stereocenters. The first-order valence-electron chi connectivity index (χ1n) is 5.83. The van der Waals surface area contributed by atoms with Gasteiger partial charge in [0.2, 0.25) is 0 Å². The van der Waals surface area contributed by atoms with E-state index in [-0.39, 0.29) is 11.9 Å². The number of amides is 1. The molecule has 0 saturated carbocycles. The van der Waals surface area contributed by atoms with Gasteiger partial charge in [0.1, 0.15) is 0 Å². The number of nitrogens with one attached hydrogen (secondary N) is 1. The minimum absolute atomic E-state index is 0.121. The first kappa shape index (κ1) is 13.4. The highest BCUT2D eigenvalue weighted by atomic mass is 35.5. The Morgan fingerprint density at radius 2 is 2.00 bits per heavy atom. The van der Waals surface area contributed by atoms with E-state index in [0.717, 1.165) is 5.56 Å². The van der Waals surface area contributed by atoms with Crippen molar-refractivity contribution in [1.29, 1.82) is 0 Å². The maximum absolute atomic E-state index is 12.1. The molecule has 0 saturated heterocycles. The lowest BCUT2D eigenvalue weighted by Crippen LogP contribution is -2.26. The maximum Gasteiger partial charge on any atom is 0.253 e. The number of nitrogens with zero attached hydrogens (tertiary/aromatic N) is 1. The summed E-state index contributed by atoms with van der Waals surface area (Å²) in [6, 6.07) is 8.42. The fourth-order valence-electron chi connectivity index (χ4n) is 1.73. The van der Waals surface area contributed by atoms with E-state index in [4.69, 9.17) is 17.3 Å². The molecule has 1 amide bonds. The van der Waals surface area contributed by atoms with Crippen LogP contribution < -0.4 is 11.1 Å². The molecule has 0 aliphatic heterocycles. The van der Waals surface area contributed by atoms with Crippen LogP contribution in [0.5, 0.6) is 0 Å². The lowest BCUT2D eigenvalue weighted by molar-refractivity contribution is 0.0940. The van der Waals surface area contributed by atoms with Crippen LogP contribution in [-0.4, -0.2) is 10.9 Å². The Labute approximate surface area is 116 Å². The minimum atomic E-state index is -0.227. The van der Waals surface area contributed by atoms with Crippen LogP contribution in [-0.2, 0) is 0 Å². The summed E-state index contributed by atoms with van der Waals surface area (Å²) in [4.78, 5) is 16.0. The van der Waals surface area contributed by atoms with Gasteiger partial charge >= 0.3 is 0 Å². The Balaban J connectivity index is 2.13. The molecule has 19 heavy (non-hydrogen) atoms. The third-order valence-electron chi connectivity index (χ3n) is 2.79. The van der Waals surface area contributed by atoms with Gasteiger partial charge in [0.25, 0.3) is 5.91 Å². The number of hydrogen-bond acceptors (Lipinski definition) is 3. The highest BCUT2D eigenvalue weighted by Gasteiger charge is 2.14. The molecule has 3 N–H and O–H groups in total. The Bertz CT molecular complexity index is 586. The minimum Gasteiger partial charge on any atom is -0.399 e. The summed E-state index contributed by atoms with van der Waals surface area (Å²) in [7, 11) is 0. The van der Waals surface area contributed by atoms with Crippen molar-refractivity contribution in [3.8, 4) is 0 Å². The second kappa shape index (κ2) is 5.71. The third-order valence-corrected chi connectivity index (χ3v) is 3.10. The Kier molecular flexibility index (Phi) is 4.02. The zero-order valence-corrected chi connectivity index (χ0v) is 11.2. The molecule has 0 bridgehead atoms. The number of aromatic nitrogens is 1. The van der Waals surface area contributed by atoms with E-state index in [9.17, 15) is 4.79 Å². The molecule has 1 atom stereocenters. The molecule has 1 heterocycles. The third kappa shape index (κ3) is 3.23. The van der Waals surface area contributed by atoms with Crippen LogP contribution in [0, 0.1) is 0 Å². The highest BCUT2D eigenvalue weighted by Crippen LogP contribution is 2.20. The standard InChI is InChI=1S/C14H14ClN3O/c1-9(10-4-6-17-7-5-10)18-14(19)12-3-2-11(16)8-13(12)15/h2-9H,16H2,1H3,(H,18,19). The van der Waals surface area contributed by atoms with E-state index in [1.165, 1.54) is 0 Å². The van der Waals surface area contributed by atoms with Crippen molar-refractivity contribution in [2.45, 2.75) is 13.0 Å². The zero-order chi connectivity index (χ0) is 13.8. The smallest absolute Gasteiger partial charge is 0.253 e. The van der Waals surface area contributed by atoms with Crippen LogP contribution in [0.15, 0.2) is 42.7 Å². The number of nitrogen functional groups attached to an aromatic ring is 1. The Morgan fingerprint density at radius 1 is 1.32 bits per heavy atom. The van der Waals surface area contributed by atoms with Gasteiger partial charge in [-0.2, -0.15) is 0 Å². The second-order valence-electron chi connectivity index (χ2n) is 4.21. The predicted octanol–water partition coefficient (Wildman–Crippen LogP) is 2.81. The van der Waals surface area contributed by atoms with E-state index in [1.807, 2.05) is 19.1 Å². The van der Waals surface area contributed by atoms with Crippen molar-refractivity contribution < 1.29 is 4.79 Å². The van der Waals surface area contributed by atoms with Crippen LogP contribution in [0.2, 0.25) is 5.02 Å². The first-order valence-corrected chi connectivity index (χ1v) is 6.21. The second-order valence-corrected chi connectivity index (χ2v) is 4.62. The van der Waals surface area contributed by atoms with Crippen molar-refractivity contribution in [2.75, 3.05) is 5.73 Å². The highest BCUT2D eigenvalue weighted by molar-refractivity contribution is 6.34. The summed E-state index contributed by atoms with van der Waals surface area (Å²) in [6.45, 7) is 1.90. The van der Waals surface area contributed by atoms with Gasteiger partial charge in [-0.05, 0) is 42.8 Å². The van der Waals surface area contributed by atoms with Crippen LogP contribution in [0.3, 0.4) is 0 Å². The number of anilines is 1. The molecule has 1 aromatic heterocycles. The molecule has 4 nitrogen and oxygen atoms in total. The van der Waals surface area contributed by atoms with E-state index < -0.39 is 0 Å². The van der Waals surface area contributed by atoms with E-state index in [1.54, 1.807) is 30.6 Å². The Morgan fingerprint density at radius 3 is 2.63 bits per heavy atom. The van der Waals surface area contributed by atoms with E-state index in [0.29, 0.717) is 16.3 Å². The number of pyridine rings is 1. The van der Waals surface area contributed by atoms with Crippen LogP contribution in [0.4, 0.5) is 5.69 Å². The summed E-state index contributed by atoms with van der Waals surface area (Å²) in [6.07, 6.45) is 3.38. The summed E-state index contributed by atoms with van der Waals surface area (Å²) >= 11 is 6.00. The molecular weight excluding hydrogens is 262 g/mol. The fraction of sp³-hybridized carbons (Fsp3) is 0.143. The monoisotopic (exact) mass is 275 g/mol. The average molecular weight is 276 g/mol. The topological polar surface area (TPSA) is 68.0 Å². The van der Waals surface area contributed by atoms with Crippen molar-refractivity contribution in [1.82, 2.24) is 10.3 Å². The molecule has 2 rings (SSSR count). The molecule has 0 fully saturated rings. The van der Waals surface area contributed by atoms with Gasteiger partial charge in [-0.25, -0.2) is 0 Å². The molecular formula is C14H14ClN3O. The molecule has 0 aliphatic carbocycles. The molecule has 5 heteroatoms. The van der Waals surface area contributed by atoms with Gasteiger partial charge < -0.3 is 11.1 Å². The summed E-state index contributed by atoms with van der Waals surface area (Å²) in [5.74, 6) is -0.227. The largest absolute Gasteiger partial charge is 0.399 e. The average Bonchev–Trinajstić information content (AvgIpc) is 2.39. The number of rotatable bonds is 3. The van der Waals surface area contributed by atoms with E-state index in [2.05, 4.69) is 10.3 Å². The normalized spacial score (nSPS) is 11.9. The maximum atomic E-state index is 12.1. The van der Waals surface area contributed by atoms with Crippen molar-refractivity contribution in [3.05, 3.63) is 58.9 Å². The van der Waals surface area contributed by atoms with Gasteiger partial charge in [0, 0.05) is 18.1 Å². The van der Waals surface area contributed by atoms with E-state index >= 15 is 0 Å². The lowest BCUT2D eigenvalue weighted by atomic mass is 10.1. The van der Waals surface area contributed by atoms with Crippen molar-refractivity contribution in [3.63, 3.8) is 0 Å². The first-order chi connectivity index (χ1) is 9.08.